The van der Waals surface area contributed by atoms with Crippen LogP contribution >= 0.6 is 0 Å². The maximum absolute atomic E-state index is 12.7. The van der Waals surface area contributed by atoms with Gasteiger partial charge in [-0.3, -0.25) is 4.21 Å². The second-order valence-electron chi connectivity index (χ2n) is 6.79. The van der Waals surface area contributed by atoms with Gasteiger partial charge < -0.3 is 4.74 Å². The van der Waals surface area contributed by atoms with Crippen molar-refractivity contribution in [2.75, 3.05) is 18.1 Å². The number of hydrogen-bond acceptors (Lipinski definition) is 2. The molecule has 0 heterocycles. The first-order valence-corrected chi connectivity index (χ1v) is 11.2. The summed E-state index contributed by atoms with van der Waals surface area (Å²) in [5, 5.41) is 0. The summed E-state index contributed by atoms with van der Waals surface area (Å²) < 4.78 is 78.8. The zero-order valence-electron chi connectivity index (χ0n) is 16.0. The highest BCUT2D eigenvalue weighted by atomic mass is 32.2. The molecule has 1 aromatic rings. The van der Waals surface area contributed by atoms with Crippen molar-refractivity contribution in [2.24, 2.45) is 0 Å². The zero-order chi connectivity index (χ0) is 20.9. The molecular formula is C20H29F5O2S. The van der Waals surface area contributed by atoms with Crippen molar-refractivity contribution in [2.45, 2.75) is 69.9 Å². The highest BCUT2D eigenvalue weighted by Crippen LogP contribution is 2.38. The largest absolute Gasteiger partial charge is 0.494 e. The third-order valence-corrected chi connectivity index (χ3v) is 5.79. The van der Waals surface area contributed by atoms with Crippen molar-refractivity contribution in [3.05, 3.63) is 30.3 Å². The second kappa shape index (κ2) is 13.1. The minimum atomic E-state index is -5.53. The van der Waals surface area contributed by atoms with Gasteiger partial charge in [-0.1, -0.05) is 50.3 Å². The zero-order valence-corrected chi connectivity index (χ0v) is 16.8. The summed E-state index contributed by atoms with van der Waals surface area (Å²) in [6.45, 7) is 0.691. The molecule has 0 fully saturated rings. The molecule has 0 saturated carbocycles. The van der Waals surface area contributed by atoms with Crippen LogP contribution in [0.4, 0.5) is 22.0 Å². The van der Waals surface area contributed by atoms with Crippen LogP contribution < -0.4 is 4.74 Å². The lowest BCUT2D eigenvalue weighted by atomic mass is 10.1. The van der Waals surface area contributed by atoms with Gasteiger partial charge in [-0.25, -0.2) is 0 Å². The van der Waals surface area contributed by atoms with Crippen LogP contribution in [0.5, 0.6) is 5.75 Å². The number of rotatable bonds is 15. The predicted molar refractivity (Wildman–Crippen MR) is 102 cm³/mol. The SMILES string of the molecule is O=S(CCCCCCCCCOc1ccccc1)CCCC(F)(F)C(F)(F)F. The van der Waals surface area contributed by atoms with Gasteiger partial charge in [0, 0.05) is 28.7 Å². The standard InChI is InChI=1S/C20H29F5O2S/c21-19(22,20(23,24)25)14-11-17-28(26)16-10-5-3-1-2-4-9-15-27-18-12-7-6-8-13-18/h6-8,12-13H,1-5,9-11,14-17H2. The minimum absolute atomic E-state index is 0.104. The van der Waals surface area contributed by atoms with E-state index in [9.17, 15) is 26.2 Å². The van der Waals surface area contributed by atoms with Crippen LogP contribution in [0.3, 0.4) is 0 Å². The molecular weight excluding hydrogens is 399 g/mol. The fourth-order valence-electron chi connectivity index (χ4n) is 2.65. The lowest BCUT2D eigenvalue weighted by Gasteiger charge is -2.19. The molecule has 0 aromatic heterocycles. The maximum atomic E-state index is 12.7. The maximum Gasteiger partial charge on any atom is 0.453 e. The number of ether oxygens (including phenoxy) is 1. The first-order valence-electron chi connectivity index (χ1n) is 9.70. The van der Waals surface area contributed by atoms with Crippen LogP contribution in [-0.4, -0.2) is 34.4 Å². The molecule has 0 bridgehead atoms. The predicted octanol–water partition coefficient (Wildman–Crippen LogP) is 6.52. The summed E-state index contributed by atoms with van der Waals surface area (Å²) in [6, 6.07) is 9.65. The monoisotopic (exact) mass is 428 g/mol. The van der Waals surface area contributed by atoms with Crippen LogP contribution in [-0.2, 0) is 10.8 Å². The quantitative estimate of drug-likeness (QED) is 0.235. The number of halogens is 5. The Morgan fingerprint density at radius 3 is 1.89 bits per heavy atom. The molecule has 0 aliphatic heterocycles. The van der Waals surface area contributed by atoms with Gasteiger partial charge in [-0.2, -0.15) is 22.0 Å². The molecule has 0 aliphatic rings. The van der Waals surface area contributed by atoms with Crippen molar-refractivity contribution in [3.8, 4) is 5.75 Å². The molecule has 0 radical (unpaired) electrons. The van der Waals surface area contributed by atoms with Gasteiger partial charge in [-0.05, 0) is 31.4 Å². The van der Waals surface area contributed by atoms with E-state index in [1.54, 1.807) is 0 Å². The van der Waals surface area contributed by atoms with Crippen molar-refractivity contribution in [1.29, 1.82) is 0 Å². The van der Waals surface area contributed by atoms with Crippen LogP contribution in [0.1, 0.15) is 57.8 Å². The molecule has 0 spiro atoms. The number of para-hydroxylation sites is 1. The van der Waals surface area contributed by atoms with E-state index in [4.69, 9.17) is 4.74 Å². The van der Waals surface area contributed by atoms with Gasteiger partial charge in [-0.15, -0.1) is 0 Å². The molecule has 28 heavy (non-hydrogen) atoms. The highest BCUT2D eigenvalue weighted by molar-refractivity contribution is 7.84. The first-order chi connectivity index (χ1) is 13.2. The lowest BCUT2D eigenvalue weighted by Crippen LogP contribution is -2.36. The average molecular weight is 429 g/mol. The Bertz CT molecular complexity index is 549. The van der Waals surface area contributed by atoms with Gasteiger partial charge in [0.2, 0.25) is 0 Å². The van der Waals surface area contributed by atoms with Crippen LogP contribution in [0, 0.1) is 0 Å². The molecule has 0 aliphatic carbocycles. The van der Waals surface area contributed by atoms with E-state index in [-0.39, 0.29) is 12.2 Å². The summed E-state index contributed by atoms with van der Waals surface area (Å²) in [4.78, 5) is 0. The summed E-state index contributed by atoms with van der Waals surface area (Å²) in [5.41, 5.74) is 0. The van der Waals surface area contributed by atoms with Gasteiger partial charge in [0.25, 0.3) is 0 Å². The van der Waals surface area contributed by atoms with Gasteiger partial charge >= 0.3 is 12.1 Å². The fourth-order valence-corrected chi connectivity index (χ4v) is 3.85. The van der Waals surface area contributed by atoms with E-state index in [1.165, 1.54) is 0 Å². The van der Waals surface area contributed by atoms with E-state index in [1.807, 2.05) is 30.3 Å². The Morgan fingerprint density at radius 2 is 1.29 bits per heavy atom. The van der Waals surface area contributed by atoms with Gasteiger partial charge in [0.1, 0.15) is 5.75 Å². The molecule has 1 unspecified atom stereocenters. The van der Waals surface area contributed by atoms with Crippen LogP contribution in [0.25, 0.3) is 0 Å². The van der Waals surface area contributed by atoms with Crippen LogP contribution in [0.2, 0.25) is 0 Å². The summed E-state index contributed by atoms with van der Waals surface area (Å²) in [6.07, 6.45) is -0.382. The number of benzene rings is 1. The molecule has 0 N–H and O–H groups in total. The average Bonchev–Trinajstić information content (AvgIpc) is 2.63. The number of alkyl halides is 5. The third-order valence-electron chi connectivity index (χ3n) is 4.31. The Labute approximate surface area is 166 Å². The lowest BCUT2D eigenvalue weighted by molar-refractivity contribution is -0.284. The van der Waals surface area contributed by atoms with E-state index in [2.05, 4.69) is 0 Å². The Hall–Kier alpha value is -1.18. The van der Waals surface area contributed by atoms with E-state index >= 15 is 0 Å². The molecule has 8 heteroatoms. The molecule has 0 amide bonds. The minimum Gasteiger partial charge on any atom is -0.494 e. The topological polar surface area (TPSA) is 26.3 Å². The van der Waals surface area contributed by atoms with Crippen molar-refractivity contribution in [1.82, 2.24) is 0 Å². The van der Waals surface area contributed by atoms with Crippen LogP contribution in [0.15, 0.2) is 30.3 Å². The van der Waals surface area contributed by atoms with Gasteiger partial charge in [0.15, 0.2) is 0 Å². The first kappa shape index (κ1) is 24.9. The van der Waals surface area contributed by atoms with E-state index in [0.29, 0.717) is 18.8 Å². The van der Waals surface area contributed by atoms with Crippen molar-refractivity contribution < 1.29 is 30.9 Å². The number of hydrogen-bond donors (Lipinski definition) is 0. The molecule has 162 valence electrons. The Balaban J connectivity index is 1.91. The summed E-state index contributed by atoms with van der Waals surface area (Å²) >= 11 is 0. The highest BCUT2D eigenvalue weighted by Gasteiger charge is 2.56. The summed E-state index contributed by atoms with van der Waals surface area (Å²) in [5.74, 6) is -3.56. The van der Waals surface area contributed by atoms with E-state index < -0.39 is 29.3 Å². The molecule has 0 saturated heterocycles. The third kappa shape index (κ3) is 11.0. The van der Waals surface area contributed by atoms with Crippen molar-refractivity contribution in [3.63, 3.8) is 0 Å². The van der Waals surface area contributed by atoms with E-state index in [0.717, 1.165) is 44.3 Å². The summed E-state index contributed by atoms with van der Waals surface area (Å²) in [7, 11) is -1.33. The molecule has 1 aromatic carbocycles. The molecule has 1 rings (SSSR count). The Morgan fingerprint density at radius 1 is 0.750 bits per heavy atom. The second-order valence-corrected chi connectivity index (χ2v) is 8.49. The molecule has 2 nitrogen and oxygen atoms in total. The number of unbranched alkanes of at least 4 members (excludes halogenated alkanes) is 6. The molecule has 1 atom stereocenters. The van der Waals surface area contributed by atoms with Crippen molar-refractivity contribution >= 4 is 10.8 Å². The Kier molecular flexibility index (Phi) is 11.6. The van der Waals surface area contributed by atoms with Gasteiger partial charge in [0.05, 0.1) is 6.61 Å². The normalized spacial score (nSPS) is 13.5. The smallest absolute Gasteiger partial charge is 0.453 e. The fraction of sp³-hybridized carbons (Fsp3) is 0.700.